The molecule has 0 saturated carbocycles. The zero-order chi connectivity index (χ0) is 21.0. The highest BCUT2D eigenvalue weighted by molar-refractivity contribution is 7.15. The number of amidine groups is 1. The quantitative estimate of drug-likeness (QED) is 0.315. The number of allylic oxidation sites excluding steroid dienone is 1. The van der Waals surface area contributed by atoms with Gasteiger partial charge in [-0.05, 0) is 31.2 Å². The van der Waals surface area contributed by atoms with Gasteiger partial charge in [-0.1, -0.05) is 23.7 Å². The average Bonchev–Trinajstić information content (AvgIpc) is 3.14. The SMILES string of the molecule is CC(N)=C(c1ccccn1)c1nc(-c2cc(C=O)ccc2Cl)c(C(N)=NC=N)s1. The fourth-order valence-electron chi connectivity index (χ4n) is 2.70. The summed E-state index contributed by atoms with van der Waals surface area (Å²) in [5.41, 5.74) is 15.5. The van der Waals surface area contributed by atoms with E-state index in [1.165, 1.54) is 11.3 Å². The number of hydrogen-bond donors (Lipinski definition) is 3. The second-order valence-electron chi connectivity index (χ2n) is 5.97. The topological polar surface area (TPSA) is 131 Å². The predicted octanol–water partition coefficient (Wildman–Crippen LogP) is 3.72. The minimum Gasteiger partial charge on any atom is -0.402 e. The van der Waals surface area contributed by atoms with Crippen molar-refractivity contribution >= 4 is 47.0 Å². The summed E-state index contributed by atoms with van der Waals surface area (Å²) in [6.45, 7) is 1.76. The lowest BCUT2D eigenvalue weighted by atomic mass is 10.1. The largest absolute Gasteiger partial charge is 0.402 e. The number of halogens is 1. The van der Waals surface area contributed by atoms with Crippen LogP contribution in [0.4, 0.5) is 0 Å². The third kappa shape index (κ3) is 4.23. The first kappa shape index (κ1) is 20.4. The van der Waals surface area contributed by atoms with Crippen molar-refractivity contribution in [2.45, 2.75) is 6.92 Å². The second kappa shape index (κ2) is 8.76. The van der Waals surface area contributed by atoms with E-state index in [1.807, 2.05) is 18.2 Å². The average molecular weight is 425 g/mol. The van der Waals surface area contributed by atoms with E-state index in [4.69, 9.17) is 33.5 Å². The van der Waals surface area contributed by atoms with Crippen LogP contribution in [0.5, 0.6) is 0 Å². The molecule has 0 aliphatic rings. The number of carbonyl (C=O) groups excluding carboxylic acids is 1. The van der Waals surface area contributed by atoms with Gasteiger partial charge in [0.1, 0.15) is 23.5 Å². The fraction of sp³-hybridized carbons (Fsp3) is 0.0500. The van der Waals surface area contributed by atoms with Crippen molar-refractivity contribution in [1.82, 2.24) is 9.97 Å². The van der Waals surface area contributed by atoms with Crippen molar-refractivity contribution in [1.29, 1.82) is 5.41 Å². The molecule has 2 aromatic heterocycles. The van der Waals surface area contributed by atoms with Crippen LogP contribution in [-0.4, -0.2) is 28.4 Å². The van der Waals surface area contributed by atoms with Gasteiger partial charge in [-0.25, -0.2) is 9.98 Å². The third-order valence-corrected chi connectivity index (χ3v) is 5.40. The van der Waals surface area contributed by atoms with Crippen molar-refractivity contribution in [2.24, 2.45) is 16.5 Å². The number of rotatable bonds is 6. The summed E-state index contributed by atoms with van der Waals surface area (Å²) >= 11 is 7.64. The molecule has 146 valence electrons. The molecule has 0 spiro atoms. The Morgan fingerprint density at radius 1 is 1.28 bits per heavy atom. The number of nitrogens with zero attached hydrogens (tertiary/aromatic N) is 3. The Labute approximate surface area is 176 Å². The smallest absolute Gasteiger partial charge is 0.150 e. The van der Waals surface area contributed by atoms with E-state index >= 15 is 0 Å². The molecule has 0 aliphatic heterocycles. The Morgan fingerprint density at radius 3 is 2.69 bits per heavy atom. The highest BCUT2D eigenvalue weighted by Gasteiger charge is 2.22. The lowest BCUT2D eigenvalue weighted by molar-refractivity contribution is 0.112. The molecule has 0 atom stereocenters. The molecule has 2 heterocycles. The third-order valence-electron chi connectivity index (χ3n) is 3.97. The standard InChI is InChI=1S/C20H17ClN6OS/c1-11(23)16(15-4-2-3-7-25-15)20-27-17(18(29-20)19(24)26-10-22)13-8-12(9-28)5-6-14(13)21/h2-10H,23H2,1H3,(H3,22,24,26). The van der Waals surface area contributed by atoms with Crippen LogP contribution in [0, 0.1) is 5.41 Å². The number of benzene rings is 1. The van der Waals surface area contributed by atoms with E-state index in [2.05, 4.69) is 9.98 Å². The molecular weight excluding hydrogens is 408 g/mol. The van der Waals surface area contributed by atoms with Crippen LogP contribution in [0.25, 0.3) is 16.8 Å². The molecule has 9 heteroatoms. The zero-order valence-electron chi connectivity index (χ0n) is 15.4. The molecule has 1 aromatic carbocycles. The van der Waals surface area contributed by atoms with E-state index < -0.39 is 0 Å². The van der Waals surface area contributed by atoms with Gasteiger partial charge in [0.05, 0.1) is 26.9 Å². The van der Waals surface area contributed by atoms with Gasteiger partial charge in [-0.2, -0.15) is 0 Å². The van der Waals surface area contributed by atoms with Crippen LogP contribution in [0.3, 0.4) is 0 Å². The summed E-state index contributed by atoms with van der Waals surface area (Å²) in [6.07, 6.45) is 3.25. The van der Waals surface area contributed by atoms with Crippen LogP contribution in [0.2, 0.25) is 5.02 Å². The molecule has 3 rings (SSSR count). The van der Waals surface area contributed by atoms with Gasteiger partial charge in [0.2, 0.25) is 0 Å². The van der Waals surface area contributed by atoms with Crippen molar-refractivity contribution in [3.63, 3.8) is 0 Å². The molecule has 0 aliphatic carbocycles. The maximum absolute atomic E-state index is 11.2. The zero-order valence-corrected chi connectivity index (χ0v) is 17.0. The summed E-state index contributed by atoms with van der Waals surface area (Å²) in [4.78, 5) is 24.7. The first-order chi connectivity index (χ1) is 14.0. The normalized spacial score (nSPS) is 12.4. The molecule has 0 bridgehead atoms. The number of pyridine rings is 1. The van der Waals surface area contributed by atoms with Crippen LogP contribution in [0.1, 0.15) is 32.9 Å². The van der Waals surface area contributed by atoms with Gasteiger partial charge in [0.15, 0.2) is 0 Å². The predicted molar refractivity (Wildman–Crippen MR) is 118 cm³/mol. The summed E-state index contributed by atoms with van der Waals surface area (Å²) in [5.74, 6) is 0.112. The maximum atomic E-state index is 11.2. The maximum Gasteiger partial charge on any atom is 0.150 e. The highest BCUT2D eigenvalue weighted by Crippen LogP contribution is 2.37. The Kier molecular flexibility index (Phi) is 6.16. The number of nitrogens with two attached hydrogens (primary N) is 2. The number of aldehydes is 1. The lowest BCUT2D eigenvalue weighted by Gasteiger charge is -2.06. The molecule has 0 radical (unpaired) electrons. The minimum atomic E-state index is 0.112. The van der Waals surface area contributed by atoms with Gasteiger partial charge in [-0.3, -0.25) is 15.2 Å². The van der Waals surface area contributed by atoms with Crippen LogP contribution >= 0.6 is 22.9 Å². The number of aromatic nitrogens is 2. The summed E-state index contributed by atoms with van der Waals surface area (Å²) in [5, 5.41) is 8.22. The molecule has 0 amide bonds. The monoisotopic (exact) mass is 424 g/mol. The first-order valence-electron chi connectivity index (χ1n) is 8.43. The highest BCUT2D eigenvalue weighted by atomic mass is 35.5. The van der Waals surface area contributed by atoms with Gasteiger partial charge < -0.3 is 11.5 Å². The van der Waals surface area contributed by atoms with E-state index in [0.717, 1.165) is 12.6 Å². The van der Waals surface area contributed by atoms with Crippen molar-refractivity contribution in [2.75, 3.05) is 0 Å². The van der Waals surface area contributed by atoms with E-state index in [1.54, 1.807) is 31.3 Å². The lowest BCUT2D eigenvalue weighted by Crippen LogP contribution is -2.12. The van der Waals surface area contributed by atoms with E-state index in [9.17, 15) is 4.79 Å². The van der Waals surface area contributed by atoms with Gasteiger partial charge in [-0.15, -0.1) is 11.3 Å². The Hall–Kier alpha value is -3.36. The summed E-state index contributed by atoms with van der Waals surface area (Å²) < 4.78 is 0. The fourth-order valence-corrected chi connectivity index (χ4v) is 4.01. The second-order valence-corrected chi connectivity index (χ2v) is 7.38. The molecule has 7 nitrogen and oxygen atoms in total. The van der Waals surface area contributed by atoms with Crippen LogP contribution in [0.15, 0.2) is 53.3 Å². The van der Waals surface area contributed by atoms with Crippen molar-refractivity contribution in [3.05, 3.63) is 74.5 Å². The van der Waals surface area contributed by atoms with Gasteiger partial charge >= 0.3 is 0 Å². The number of carbonyl (C=O) groups is 1. The Balaban J connectivity index is 2.29. The molecule has 0 fully saturated rings. The van der Waals surface area contributed by atoms with E-state index in [-0.39, 0.29) is 5.84 Å². The molecular formula is C20H17ClN6OS. The summed E-state index contributed by atoms with van der Waals surface area (Å²) in [6, 6.07) is 10.4. The molecule has 29 heavy (non-hydrogen) atoms. The molecule has 0 unspecified atom stereocenters. The molecule has 0 saturated heterocycles. The Bertz CT molecular complexity index is 1130. The molecule has 3 aromatic rings. The summed E-state index contributed by atoms with van der Waals surface area (Å²) in [7, 11) is 0. The number of thiazole rings is 1. The van der Waals surface area contributed by atoms with E-state index in [0.29, 0.717) is 48.7 Å². The van der Waals surface area contributed by atoms with Gasteiger partial charge in [0.25, 0.3) is 0 Å². The first-order valence-corrected chi connectivity index (χ1v) is 9.62. The van der Waals surface area contributed by atoms with Crippen LogP contribution < -0.4 is 11.5 Å². The number of hydrogen-bond acceptors (Lipinski definition) is 6. The van der Waals surface area contributed by atoms with Gasteiger partial charge in [0, 0.05) is 23.0 Å². The van der Waals surface area contributed by atoms with Crippen molar-refractivity contribution < 1.29 is 4.79 Å². The van der Waals surface area contributed by atoms with Crippen LogP contribution in [-0.2, 0) is 0 Å². The molecule has 5 N–H and O–H groups in total. The number of nitrogens with one attached hydrogen (secondary N) is 1. The van der Waals surface area contributed by atoms with Crippen molar-refractivity contribution in [3.8, 4) is 11.3 Å². The number of aliphatic imine (C=N–C) groups is 1. The Morgan fingerprint density at radius 2 is 2.07 bits per heavy atom. The minimum absolute atomic E-state index is 0.112.